The van der Waals surface area contributed by atoms with Crippen molar-refractivity contribution in [2.45, 2.75) is 85.2 Å². The van der Waals surface area contributed by atoms with Gasteiger partial charge in [-0.3, -0.25) is 40.6 Å². The lowest BCUT2D eigenvalue weighted by molar-refractivity contribution is -0.385. The van der Waals surface area contributed by atoms with Crippen molar-refractivity contribution < 1.29 is 43.2 Å². The fourth-order valence-electron chi connectivity index (χ4n) is 5.09. The summed E-state index contributed by atoms with van der Waals surface area (Å²) in [5.74, 6) is -0.688. The number of nitrogens with one attached hydrogen (secondary N) is 2. The first-order chi connectivity index (χ1) is 24.7. The maximum Gasteiger partial charge on any atom is 0.417 e. The molecule has 1 unspecified atom stereocenters. The second-order valence-corrected chi connectivity index (χ2v) is 14.0. The lowest BCUT2D eigenvalue weighted by atomic mass is 10.1. The summed E-state index contributed by atoms with van der Waals surface area (Å²) in [5, 5.41) is 33.7. The van der Waals surface area contributed by atoms with Gasteiger partial charge in [0.1, 0.15) is 22.6 Å². The number of nitro groups is 2. The molecule has 3 aromatic rings. The molecule has 17 nitrogen and oxygen atoms in total. The summed E-state index contributed by atoms with van der Waals surface area (Å²) in [6, 6.07) is 14.6. The van der Waals surface area contributed by atoms with Crippen LogP contribution in [0.1, 0.15) is 66.0 Å². The lowest BCUT2D eigenvalue weighted by Crippen LogP contribution is -2.50. The molecule has 53 heavy (non-hydrogen) atoms. The van der Waals surface area contributed by atoms with Crippen LogP contribution in [0.4, 0.5) is 26.7 Å². The van der Waals surface area contributed by atoms with Gasteiger partial charge in [-0.2, -0.15) is 0 Å². The number of fused-ring (bicyclic) bond motifs is 1. The van der Waals surface area contributed by atoms with E-state index in [2.05, 4.69) is 5.32 Å². The maximum absolute atomic E-state index is 13.6. The summed E-state index contributed by atoms with van der Waals surface area (Å²) in [4.78, 5) is 63.2. The normalized spacial score (nSPS) is 14.0. The Bertz CT molecular complexity index is 1880. The Balaban J connectivity index is 1.59. The van der Waals surface area contributed by atoms with Gasteiger partial charge in [-0.1, -0.05) is 31.2 Å². The molecule has 3 amide bonds. The van der Waals surface area contributed by atoms with Crippen LogP contribution >= 0.6 is 0 Å². The molecule has 0 fully saturated rings. The van der Waals surface area contributed by atoms with Crippen LogP contribution in [-0.2, 0) is 27.2 Å². The molecule has 1 atom stereocenters. The van der Waals surface area contributed by atoms with Crippen molar-refractivity contribution in [1.82, 2.24) is 10.2 Å². The minimum Gasteiger partial charge on any atom is -0.478 e. The number of non-ortho nitro benzene ring substituents is 2. The fraction of sp³-hybridized carbons (Fsp3) is 0.389. The van der Waals surface area contributed by atoms with Crippen LogP contribution in [0.25, 0.3) is 0 Å². The van der Waals surface area contributed by atoms with Crippen LogP contribution in [0.2, 0.25) is 0 Å². The predicted molar refractivity (Wildman–Crippen MR) is 192 cm³/mol. The van der Waals surface area contributed by atoms with Crippen molar-refractivity contribution in [3.8, 4) is 17.2 Å². The van der Waals surface area contributed by atoms with E-state index in [-0.39, 0.29) is 60.2 Å². The molecule has 0 saturated carbocycles. The number of ether oxygens (including phenoxy) is 4. The topological polar surface area (TPSA) is 217 Å². The van der Waals surface area contributed by atoms with Gasteiger partial charge in [0.25, 0.3) is 17.3 Å². The second-order valence-electron chi connectivity index (χ2n) is 14.0. The molecule has 4 rings (SSSR count). The van der Waals surface area contributed by atoms with Gasteiger partial charge >= 0.3 is 12.2 Å². The van der Waals surface area contributed by atoms with Gasteiger partial charge in [-0.05, 0) is 77.6 Å². The predicted octanol–water partition coefficient (Wildman–Crippen LogP) is 7.24. The van der Waals surface area contributed by atoms with Crippen molar-refractivity contribution in [2.75, 3.05) is 11.4 Å². The second kappa shape index (κ2) is 16.0. The summed E-state index contributed by atoms with van der Waals surface area (Å²) in [6.07, 6.45) is -2.21. The molecule has 0 saturated heterocycles. The number of rotatable bonds is 10. The smallest absolute Gasteiger partial charge is 0.417 e. The number of carbonyl (C=O) groups excluding carboxylic acids is 3. The quantitative estimate of drug-likeness (QED) is 0.0915. The van der Waals surface area contributed by atoms with Gasteiger partial charge in [0.2, 0.25) is 5.96 Å². The Kier molecular flexibility index (Phi) is 11.9. The molecule has 282 valence electrons. The number of carbonyl (C=O) groups is 3. The minimum absolute atomic E-state index is 0.0251. The van der Waals surface area contributed by atoms with E-state index in [1.54, 1.807) is 72.7 Å². The van der Waals surface area contributed by atoms with Gasteiger partial charge < -0.3 is 18.9 Å². The van der Waals surface area contributed by atoms with Crippen molar-refractivity contribution in [3.63, 3.8) is 0 Å². The SMILES string of the molecule is CCC1Oc2cc([N+](=O)[O-])cc(Oc3ccc(CCN(C(=N)NC(=O)OC(C)(C)C)C(=O)OC(C)(C)C)cc3)c2N(Cc2ccc([N+](=O)[O-])cc2)C1=O. The minimum atomic E-state index is -0.934. The summed E-state index contributed by atoms with van der Waals surface area (Å²) in [5.41, 5.74) is -0.754. The maximum atomic E-state index is 13.6. The number of amides is 3. The zero-order valence-electron chi connectivity index (χ0n) is 30.5. The monoisotopic (exact) mass is 734 g/mol. The number of nitro benzene ring substituents is 2. The van der Waals surface area contributed by atoms with Gasteiger partial charge in [-0.15, -0.1) is 0 Å². The van der Waals surface area contributed by atoms with Crippen LogP contribution in [0.5, 0.6) is 17.2 Å². The fourth-order valence-corrected chi connectivity index (χ4v) is 5.09. The van der Waals surface area contributed by atoms with E-state index in [1.165, 1.54) is 41.3 Å². The number of hydrogen-bond acceptors (Lipinski definition) is 12. The summed E-state index contributed by atoms with van der Waals surface area (Å²) >= 11 is 0. The summed E-state index contributed by atoms with van der Waals surface area (Å²) in [7, 11) is 0. The molecule has 0 aliphatic carbocycles. The molecule has 1 aliphatic rings. The van der Waals surface area contributed by atoms with Crippen molar-refractivity contribution in [2.24, 2.45) is 0 Å². The molecule has 1 heterocycles. The third kappa shape index (κ3) is 10.6. The molecule has 0 radical (unpaired) electrons. The molecule has 2 N–H and O–H groups in total. The highest BCUT2D eigenvalue weighted by Crippen LogP contribution is 2.47. The van der Waals surface area contributed by atoms with Crippen molar-refractivity contribution >= 4 is 41.1 Å². The third-order valence-electron chi connectivity index (χ3n) is 7.45. The highest BCUT2D eigenvalue weighted by Gasteiger charge is 2.38. The highest BCUT2D eigenvalue weighted by molar-refractivity contribution is 6.02. The molecular weight excluding hydrogens is 692 g/mol. The van der Waals surface area contributed by atoms with E-state index in [0.717, 1.165) is 4.90 Å². The number of guanidine groups is 1. The van der Waals surface area contributed by atoms with E-state index in [1.807, 2.05) is 0 Å². The summed E-state index contributed by atoms with van der Waals surface area (Å²) < 4.78 is 22.7. The zero-order valence-corrected chi connectivity index (χ0v) is 30.5. The molecular formula is C36H42N6O11. The standard InChI is InChI=1S/C36H42N6O11/c1-8-27-31(43)40(21-23-9-13-24(14-10-23)41(46)47)30-28(19-25(42(48)49)20-29(30)51-27)50-26-15-11-22(12-16-26)17-18-39(34(45)53-36(5,6)7)32(37)38-33(44)52-35(2,3)4/h9-16,19-20,27H,8,17-18,21H2,1-7H3,(H2,37,38,44). The number of alkyl carbamates (subject to hydrolysis) is 1. The number of anilines is 1. The van der Waals surface area contributed by atoms with E-state index in [0.29, 0.717) is 11.1 Å². The Morgan fingerprint density at radius 1 is 0.906 bits per heavy atom. The Labute approximate surface area is 305 Å². The van der Waals surface area contributed by atoms with Crippen LogP contribution in [0.15, 0.2) is 60.7 Å². The van der Waals surface area contributed by atoms with E-state index in [4.69, 9.17) is 24.4 Å². The largest absolute Gasteiger partial charge is 0.478 e. The number of benzene rings is 3. The van der Waals surface area contributed by atoms with E-state index < -0.39 is 51.2 Å². The Morgan fingerprint density at radius 3 is 2.04 bits per heavy atom. The zero-order chi connectivity index (χ0) is 39.2. The van der Waals surface area contributed by atoms with Crippen LogP contribution in [0.3, 0.4) is 0 Å². The Hall–Kier alpha value is -6.26. The molecule has 1 aliphatic heterocycles. The first-order valence-corrected chi connectivity index (χ1v) is 16.6. The lowest BCUT2D eigenvalue weighted by Gasteiger charge is -2.35. The third-order valence-corrected chi connectivity index (χ3v) is 7.45. The van der Waals surface area contributed by atoms with Gasteiger partial charge in [0.05, 0.1) is 28.5 Å². The van der Waals surface area contributed by atoms with Crippen LogP contribution in [-0.4, -0.2) is 62.7 Å². The molecule has 0 bridgehead atoms. The molecule has 0 spiro atoms. The van der Waals surface area contributed by atoms with E-state index in [9.17, 15) is 34.6 Å². The van der Waals surface area contributed by atoms with Gasteiger partial charge in [0.15, 0.2) is 17.6 Å². The number of nitrogens with zero attached hydrogens (tertiary/aromatic N) is 4. The molecule has 17 heteroatoms. The number of hydrogen-bond donors (Lipinski definition) is 2. The average molecular weight is 735 g/mol. The molecule has 0 aromatic heterocycles. The molecule has 3 aromatic carbocycles. The average Bonchev–Trinajstić information content (AvgIpc) is 3.05. The van der Waals surface area contributed by atoms with Gasteiger partial charge in [0, 0.05) is 18.7 Å². The first-order valence-electron chi connectivity index (χ1n) is 16.6. The van der Waals surface area contributed by atoms with Gasteiger partial charge in [-0.25, -0.2) is 14.5 Å². The van der Waals surface area contributed by atoms with Crippen molar-refractivity contribution in [3.05, 3.63) is 92.0 Å². The first kappa shape index (κ1) is 39.5. The van der Waals surface area contributed by atoms with Crippen molar-refractivity contribution in [1.29, 1.82) is 5.41 Å². The highest BCUT2D eigenvalue weighted by atomic mass is 16.6. The van der Waals surface area contributed by atoms with Crippen LogP contribution in [0, 0.1) is 25.6 Å². The van der Waals surface area contributed by atoms with E-state index >= 15 is 0 Å². The Morgan fingerprint density at radius 2 is 1.49 bits per heavy atom. The summed E-state index contributed by atoms with van der Waals surface area (Å²) in [6.45, 7) is 11.7. The van der Waals surface area contributed by atoms with Crippen LogP contribution < -0.4 is 19.7 Å².